The molecule has 2 nitrogen and oxygen atoms in total. The summed E-state index contributed by atoms with van der Waals surface area (Å²) in [7, 11) is 0. The van der Waals surface area contributed by atoms with Crippen LogP contribution in [0.2, 0.25) is 5.02 Å². The zero-order valence-electron chi connectivity index (χ0n) is 10.9. The van der Waals surface area contributed by atoms with Crippen molar-refractivity contribution in [2.45, 2.75) is 13.8 Å². The molecule has 2 aromatic carbocycles. The van der Waals surface area contributed by atoms with Crippen LogP contribution >= 0.6 is 11.6 Å². The highest BCUT2D eigenvalue weighted by Crippen LogP contribution is 2.20. The number of aryl methyl sites for hydroxylation is 1. The molecule has 0 aliphatic rings. The molecule has 98 valence electrons. The van der Waals surface area contributed by atoms with Gasteiger partial charge in [-0.15, -0.1) is 0 Å². The molecule has 0 aliphatic carbocycles. The van der Waals surface area contributed by atoms with E-state index in [4.69, 9.17) is 16.3 Å². The predicted molar refractivity (Wildman–Crippen MR) is 77.2 cm³/mol. The van der Waals surface area contributed by atoms with Gasteiger partial charge in [0.2, 0.25) is 0 Å². The standard InChI is InChI=1S/C16H15ClO2/c1-3-19-14-6-4-5-12(10-14)16(18)13-7-8-15(17)11(2)9-13/h4-10H,3H2,1-2H3. The maximum Gasteiger partial charge on any atom is 0.193 e. The highest BCUT2D eigenvalue weighted by atomic mass is 35.5. The molecule has 0 saturated heterocycles. The van der Waals surface area contributed by atoms with Gasteiger partial charge in [-0.2, -0.15) is 0 Å². The largest absolute Gasteiger partial charge is 0.494 e. The van der Waals surface area contributed by atoms with Crippen molar-refractivity contribution in [2.24, 2.45) is 0 Å². The molecule has 0 spiro atoms. The van der Waals surface area contributed by atoms with Gasteiger partial charge in [0.25, 0.3) is 0 Å². The van der Waals surface area contributed by atoms with Crippen molar-refractivity contribution >= 4 is 17.4 Å². The summed E-state index contributed by atoms with van der Waals surface area (Å²) in [6.07, 6.45) is 0. The van der Waals surface area contributed by atoms with Crippen molar-refractivity contribution in [3.8, 4) is 5.75 Å². The number of rotatable bonds is 4. The highest BCUT2D eigenvalue weighted by Gasteiger charge is 2.11. The Kier molecular flexibility index (Phi) is 4.23. The van der Waals surface area contributed by atoms with E-state index in [1.165, 1.54) is 0 Å². The van der Waals surface area contributed by atoms with E-state index in [2.05, 4.69) is 0 Å². The Balaban J connectivity index is 2.32. The van der Waals surface area contributed by atoms with E-state index >= 15 is 0 Å². The zero-order chi connectivity index (χ0) is 13.8. The summed E-state index contributed by atoms with van der Waals surface area (Å²) in [5.74, 6) is 0.681. The summed E-state index contributed by atoms with van der Waals surface area (Å²) in [6, 6.07) is 12.5. The van der Waals surface area contributed by atoms with Crippen LogP contribution in [-0.2, 0) is 0 Å². The van der Waals surface area contributed by atoms with Crippen LogP contribution in [0.25, 0.3) is 0 Å². The minimum absolute atomic E-state index is 0.0266. The van der Waals surface area contributed by atoms with E-state index in [9.17, 15) is 4.79 Å². The Hall–Kier alpha value is -1.80. The quantitative estimate of drug-likeness (QED) is 0.778. The Morgan fingerprint density at radius 3 is 2.58 bits per heavy atom. The van der Waals surface area contributed by atoms with Gasteiger partial charge in [0.05, 0.1) is 6.61 Å². The van der Waals surface area contributed by atoms with Crippen molar-refractivity contribution in [3.63, 3.8) is 0 Å². The topological polar surface area (TPSA) is 26.3 Å². The molecule has 0 N–H and O–H groups in total. The molecule has 0 heterocycles. The van der Waals surface area contributed by atoms with Crippen LogP contribution in [0.1, 0.15) is 28.4 Å². The molecule has 0 fully saturated rings. The normalized spacial score (nSPS) is 10.3. The fraction of sp³-hybridized carbons (Fsp3) is 0.188. The second kappa shape index (κ2) is 5.89. The smallest absolute Gasteiger partial charge is 0.193 e. The Bertz CT molecular complexity index is 605. The number of ether oxygens (including phenoxy) is 1. The maximum absolute atomic E-state index is 12.4. The van der Waals surface area contributed by atoms with Crippen LogP contribution in [-0.4, -0.2) is 12.4 Å². The van der Waals surface area contributed by atoms with Crippen LogP contribution in [0, 0.1) is 6.92 Å². The van der Waals surface area contributed by atoms with Crippen molar-refractivity contribution in [1.29, 1.82) is 0 Å². The zero-order valence-corrected chi connectivity index (χ0v) is 11.7. The van der Waals surface area contributed by atoms with Gasteiger partial charge < -0.3 is 4.74 Å². The van der Waals surface area contributed by atoms with E-state index in [1.807, 2.05) is 26.0 Å². The molecule has 0 atom stereocenters. The van der Waals surface area contributed by atoms with E-state index < -0.39 is 0 Å². The van der Waals surface area contributed by atoms with Gasteiger partial charge in [0.15, 0.2) is 5.78 Å². The summed E-state index contributed by atoms with van der Waals surface area (Å²) in [4.78, 5) is 12.4. The number of halogens is 1. The van der Waals surface area contributed by atoms with E-state index in [1.54, 1.807) is 30.3 Å². The SMILES string of the molecule is CCOc1cccc(C(=O)c2ccc(Cl)c(C)c2)c1. The molecule has 2 aromatic rings. The first kappa shape index (κ1) is 13.6. The monoisotopic (exact) mass is 274 g/mol. The second-order valence-corrected chi connectivity index (χ2v) is 4.66. The lowest BCUT2D eigenvalue weighted by atomic mass is 10.0. The third-order valence-electron chi connectivity index (χ3n) is 2.83. The van der Waals surface area contributed by atoms with Gasteiger partial charge in [0.1, 0.15) is 5.75 Å². The van der Waals surface area contributed by atoms with Crippen molar-refractivity contribution in [3.05, 3.63) is 64.2 Å². The van der Waals surface area contributed by atoms with Crippen LogP contribution in [0.15, 0.2) is 42.5 Å². The number of benzene rings is 2. The van der Waals surface area contributed by atoms with Gasteiger partial charge >= 0.3 is 0 Å². The van der Waals surface area contributed by atoms with Crippen LogP contribution in [0.5, 0.6) is 5.75 Å². The first-order valence-corrected chi connectivity index (χ1v) is 6.53. The molecular formula is C16H15ClO2. The van der Waals surface area contributed by atoms with Crippen molar-refractivity contribution in [2.75, 3.05) is 6.61 Å². The molecule has 0 aliphatic heterocycles. The second-order valence-electron chi connectivity index (χ2n) is 4.25. The minimum atomic E-state index is -0.0266. The lowest BCUT2D eigenvalue weighted by Gasteiger charge is -2.06. The molecule has 0 unspecified atom stereocenters. The van der Waals surface area contributed by atoms with Gasteiger partial charge in [-0.1, -0.05) is 23.7 Å². The number of carbonyl (C=O) groups is 1. The molecule has 0 radical (unpaired) electrons. The lowest BCUT2D eigenvalue weighted by molar-refractivity contribution is 0.103. The summed E-state index contributed by atoms with van der Waals surface area (Å²) in [5.41, 5.74) is 2.15. The first-order valence-electron chi connectivity index (χ1n) is 6.15. The number of hydrogen-bond donors (Lipinski definition) is 0. The molecule has 0 saturated carbocycles. The lowest BCUT2D eigenvalue weighted by Crippen LogP contribution is -2.02. The van der Waals surface area contributed by atoms with Crippen molar-refractivity contribution in [1.82, 2.24) is 0 Å². The van der Waals surface area contributed by atoms with Gasteiger partial charge in [-0.3, -0.25) is 4.79 Å². The minimum Gasteiger partial charge on any atom is -0.494 e. The fourth-order valence-electron chi connectivity index (χ4n) is 1.85. The summed E-state index contributed by atoms with van der Waals surface area (Å²) >= 11 is 5.97. The number of hydrogen-bond acceptors (Lipinski definition) is 2. The maximum atomic E-state index is 12.4. The molecular weight excluding hydrogens is 260 g/mol. The molecule has 2 rings (SSSR count). The number of ketones is 1. The molecule has 19 heavy (non-hydrogen) atoms. The molecule has 0 bridgehead atoms. The third kappa shape index (κ3) is 3.15. The molecule has 0 amide bonds. The third-order valence-corrected chi connectivity index (χ3v) is 3.25. The highest BCUT2D eigenvalue weighted by molar-refractivity contribution is 6.31. The van der Waals surface area contributed by atoms with Gasteiger partial charge in [0, 0.05) is 16.1 Å². The van der Waals surface area contributed by atoms with E-state index in [-0.39, 0.29) is 5.78 Å². The Labute approximate surface area is 118 Å². The summed E-state index contributed by atoms with van der Waals surface area (Å²) in [6.45, 7) is 4.38. The average Bonchev–Trinajstić information content (AvgIpc) is 2.42. The molecule has 0 aromatic heterocycles. The van der Waals surface area contributed by atoms with E-state index in [0.29, 0.717) is 28.5 Å². The van der Waals surface area contributed by atoms with Crippen molar-refractivity contribution < 1.29 is 9.53 Å². The van der Waals surface area contributed by atoms with Gasteiger partial charge in [-0.25, -0.2) is 0 Å². The van der Waals surface area contributed by atoms with Crippen LogP contribution < -0.4 is 4.74 Å². The fourth-order valence-corrected chi connectivity index (χ4v) is 1.96. The average molecular weight is 275 g/mol. The Morgan fingerprint density at radius 2 is 1.89 bits per heavy atom. The summed E-state index contributed by atoms with van der Waals surface area (Å²) in [5, 5.41) is 0.666. The first-order chi connectivity index (χ1) is 9.11. The van der Waals surface area contributed by atoms with Gasteiger partial charge in [-0.05, 0) is 49.7 Å². The van der Waals surface area contributed by atoms with Crippen LogP contribution in [0.4, 0.5) is 0 Å². The summed E-state index contributed by atoms with van der Waals surface area (Å²) < 4.78 is 5.40. The Morgan fingerprint density at radius 1 is 1.16 bits per heavy atom. The van der Waals surface area contributed by atoms with Crippen LogP contribution in [0.3, 0.4) is 0 Å². The number of carbonyl (C=O) groups excluding carboxylic acids is 1. The van der Waals surface area contributed by atoms with E-state index in [0.717, 1.165) is 5.56 Å². The molecule has 3 heteroatoms. The predicted octanol–water partition coefficient (Wildman–Crippen LogP) is 4.28.